The Morgan fingerprint density at radius 2 is 1.95 bits per heavy atom. The zero-order valence-corrected chi connectivity index (χ0v) is 12.7. The summed E-state index contributed by atoms with van der Waals surface area (Å²) in [7, 11) is 2.14. The third kappa shape index (κ3) is 3.73. The first-order valence-corrected chi connectivity index (χ1v) is 8.31. The van der Waals surface area contributed by atoms with Crippen LogP contribution >= 0.6 is 0 Å². The fraction of sp³-hybridized carbons (Fsp3) is 0.938. The quantitative estimate of drug-likeness (QED) is 0.769. The minimum absolute atomic E-state index is 0.206. The Balaban J connectivity index is 1.57. The number of rotatable bonds is 5. The molecule has 1 heterocycles. The summed E-state index contributed by atoms with van der Waals surface area (Å²) >= 11 is 0. The van der Waals surface area contributed by atoms with Crippen molar-refractivity contribution in [1.29, 1.82) is 0 Å². The number of carbonyl (C=O) groups excluding carboxylic acids is 1. The molecule has 0 aromatic heterocycles. The SMILES string of the molecule is CN1CCO[C@@H](CN(CC2CC2)C(=O)C2CCCC2)C1. The number of hydrogen-bond acceptors (Lipinski definition) is 3. The Bertz CT molecular complexity index is 337. The molecule has 4 heteroatoms. The molecule has 3 aliphatic rings. The summed E-state index contributed by atoms with van der Waals surface area (Å²) in [5, 5.41) is 0. The first kappa shape index (κ1) is 14.3. The van der Waals surface area contributed by atoms with Crippen molar-refractivity contribution in [3.8, 4) is 0 Å². The lowest BCUT2D eigenvalue weighted by Crippen LogP contribution is -2.49. The van der Waals surface area contributed by atoms with Crippen LogP contribution in [0, 0.1) is 11.8 Å². The van der Waals surface area contributed by atoms with Crippen LogP contribution in [0.1, 0.15) is 38.5 Å². The van der Waals surface area contributed by atoms with E-state index in [0.717, 1.165) is 51.5 Å². The summed E-state index contributed by atoms with van der Waals surface area (Å²) < 4.78 is 5.86. The molecule has 0 aromatic carbocycles. The third-order valence-corrected chi connectivity index (χ3v) is 4.96. The van der Waals surface area contributed by atoms with E-state index in [0.29, 0.717) is 11.8 Å². The Labute approximate surface area is 122 Å². The molecule has 0 aromatic rings. The van der Waals surface area contributed by atoms with Crippen molar-refractivity contribution in [3.63, 3.8) is 0 Å². The van der Waals surface area contributed by atoms with Crippen molar-refractivity contribution in [3.05, 3.63) is 0 Å². The molecular formula is C16H28N2O2. The molecule has 20 heavy (non-hydrogen) atoms. The molecule has 3 fully saturated rings. The van der Waals surface area contributed by atoms with Gasteiger partial charge in [0.05, 0.1) is 12.7 Å². The molecule has 114 valence electrons. The second kappa shape index (κ2) is 6.44. The first-order chi connectivity index (χ1) is 9.72. The number of morpholine rings is 1. The van der Waals surface area contributed by atoms with Crippen LogP contribution in [0.2, 0.25) is 0 Å². The number of carbonyl (C=O) groups is 1. The molecule has 0 unspecified atom stereocenters. The Hall–Kier alpha value is -0.610. The number of amides is 1. The molecular weight excluding hydrogens is 252 g/mol. The summed E-state index contributed by atoms with van der Waals surface area (Å²) in [6, 6.07) is 0. The van der Waals surface area contributed by atoms with Crippen molar-refractivity contribution in [2.24, 2.45) is 11.8 Å². The van der Waals surface area contributed by atoms with Crippen LogP contribution in [0.5, 0.6) is 0 Å². The van der Waals surface area contributed by atoms with Crippen molar-refractivity contribution >= 4 is 5.91 Å². The Kier molecular flexibility index (Phi) is 4.61. The van der Waals surface area contributed by atoms with Gasteiger partial charge in [-0.25, -0.2) is 0 Å². The van der Waals surface area contributed by atoms with E-state index < -0.39 is 0 Å². The first-order valence-electron chi connectivity index (χ1n) is 8.31. The van der Waals surface area contributed by atoms with Gasteiger partial charge in [0.25, 0.3) is 0 Å². The van der Waals surface area contributed by atoms with E-state index in [2.05, 4.69) is 16.8 Å². The van der Waals surface area contributed by atoms with Crippen LogP contribution in [0.4, 0.5) is 0 Å². The summed E-state index contributed by atoms with van der Waals surface area (Å²) in [5.41, 5.74) is 0. The van der Waals surface area contributed by atoms with E-state index in [1.54, 1.807) is 0 Å². The molecule has 4 nitrogen and oxygen atoms in total. The topological polar surface area (TPSA) is 32.8 Å². The maximum atomic E-state index is 12.7. The fourth-order valence-electron chi connectivity index (χ4n) is 3.52. The van der Waals surface area contributed by atoms with Gasteiger partial charge in [0.2, 0.25) is 5.91 Å². The van der Waals surface area contributed by atoms with Gasteiger partial charge in [-0.05, 0) is 38.6 Å². The van der Waals surface area contributed by atoms with E-state index in [1.807, 2.05) is 0 Å². The monoisotopic (exact) mass is 280 g/mol. The van der Waals surface area contributed by atoms with Crippen LogP contribution in [-0.2, 0) is 9.53 Å². The van der Waals surface area contributed by atoms with Crippen LogP contribution in [-0.4, -0.2) is 61.6 Å². The van der Waals surface area contributed by atoms with Gasteiger partial charge < -0.3 is 14.5 Å². The van der Waals surface area contributed by atoms with Gasteiger partial charge in [-0.3, -0.25) is 4.79 Å². The van der Waals surface area contributed by atoms with Crippen LogP contribution in [0.25, 0.3) is 0 Å². The highest BCUT2D eigenvalue weighted by Gasteiger charge is 2.33. The standard InChI is InChI=1S/C16H28N2O2/c1-17-8-9-20-15(11-17)12-18(10-13-6-7-13)16(19)14-4-2-3-5-14/h13-15H,2-12H2,1H3/t15-/m1/s1. The van der Waals surface area contributed by atoms with Gasteiger partial charge in [-0.15, -0.1) is 0 Å². The molecule has 1 amide bonds. The molecule has 1 aliphatic heterocycles. The van der Waals surface area contributed by atoms with E-state index in [1.165, 1.54) is 25.7 Å². The highest BCUT2D eigenvalue weighted by Crippen LogP contribution is 2.32. The van der Waals surface area contributed by atoms with Crippen LogP contribution in [0.3, 0.4) is 0 Å². The molecule has 2 aliphatic carbocycles. The minimum atomic E-state index is 0.206. The lowest BCUT2D eigenvalue weighted by atomic mass is 10.1. The maximum Gasteiger partial charge on any atom is 0.225 e. The van der Waals surface area contributed by atoms with Crippen molar-refractivity contribution < 1.29 is 9.53 Å². The van der Waals surface area contributed by atoms with E-state index in [9.17, 15) is 4.79 Å². The molecule has 0 spiro atoms. The van der Waals surface area contributed by atoms with Crippen molar-refractivity contribution in [1.82, 2.24) is 9.80 Å². The second-order valence-corrected chi connectivity index (χ2v) is 6.92. The maximum absolute atomic E-state index is 12.7. The summed E-state index contributed by atoms with van der Waals surface area (Å²) in [4.78, 5) is 17.2. The molecule has 0 N–H and O–H groups in total. The largest absolute Gasteiger partial charge is 0.374 e. The molecule has 1 saturated heterocycles. The van der Waals surface area contributed by atoms with Gasteiger partial charge in [-0.2, -0.15) is 0 Å². The predicted octanol–water partition coefficient (Wildman–Crippen LogP) is 1.75. The third-order valence-electron chi connectivity index (χ3n) is 4.96. The van der Waals surface area contributed by atoms with Gasteiger partial charge in [-0.1, -0.05) is 12.8 Å². The van der Waals surface area contributed by atoms with Crippen LogP contribution in [0.15, 0.2) is 0 Å². The lowest BCUT2D eigenvalue weighted by Gasteiger charge is -2.35. The van der Waals surface area contributed by atoms with Gasteiger partial charge in [0.1, 0.15) is 0 Å². The van der Waals surface area contributed by atoms with Crippen molar-refractivity contribution in [2.75, 3.05) is 39.8 Å². The number of likely N-dealkylation sites (N-methyl/N-ethyl adjacent to an activating group) is 1. The highest BCUT2D eigenvalue weighted by molar-refractivity contribution is 5.79. The van der Waals surface area contributed by atoms with E-state index >= 15 is 0 Å². The average molecular weight is 280 g/mol. The fourth-order valence-corrected chi connectivity index (χ4v) is 3.52. The van der Waals surface area contributed by atoms with Gasteiger partial charge in [0.15, 0.2) is 0 Å². The van der Waals surface area contributed by atoms with Gasteiger partial charge in [0, 0.05) is 32.1 Å². The van der Waals surface area contributed by atoms with Crippen LogP contribution < -0.4 is 0 Å². The smallest absolute Gasteiger partial charge is 0.225 e. The number of ether oxygens (including phenoxy) is 1. The molecule has 0 radical (unpaired) electrons. The zero-order chi connectivity index (χ0) is 13.9. The molecule has 2 saturated carbocycles. The zero-order valence-electron chi connectivity index (χ0n) is 12.7. The predicted molar refractivity (Wildman–Crippen MR) is 78.5 cm³/mol. The average Bonchev–Trinajstić information content (AvgIpc) is 3.08. The minimum Gasteiger partial charge on any atom is -0.374 e. The lowest BCUT2D eigenvalue weighted by molar-refractivity contribution is -0.139. The Morgan fingerprint density at radius 1 is 1.20 bits per heavy atom. The normalized spacial score (nSPS) is 28.8. The number of hydrogen-bond donors (Lipinski definition) is 0. The molecule has 1 atom stereocenters. The van der Waals surface area contributed by atoms with E-state index in [4.69, 9.17) is 4.74 Å². The second-order valence-electron chi connectivity index (χ2n) is 6.92. The van der Waals surface area contributed by atoms with Gasteiger partial charge >= 0.3 is 0 Å². The summed E-state index contributed by atoms with van der Waals surface area (Å²) in [6.45, 7) is 4.54. The molecule has 3 rings (SSSR count). The molecule has 0 bridgehead atoms. The van der Waals surface area contributed by atoms with E-state index in [-0.39, 0.29) is 6.10 Å². The number of nitrogens with zero attached hydrogens (tertiary/aromatic N) is 2. The Morgan fingerprint density at radius 3 is 2.60 bits per heavy atom. The van der Waals surface area contributed by atoms with Crippen molar-refractivity contribution in [2.45, 2.75) is 44.6 Å². The summed E-state index contributed by atoms with van der Waals surface area (Å²) in [5.74, 6) is 1.47. The summed E-state index contributed by atoms with van der Waals surface area (Å²) in [6.07, 6.45) is 7.49. The highest BCUT2D eigenvalue weighted by atomic mass is 16.5.